The van der Waals surface area contributed by atoms with Crippen molar-refractivity contribution < 1.29 is 9.53 Å². The molecular formula is C12H14N4O2. The number of para-hydroxylation sites is 1. The molecular weight excluding hydrogens is 232 g/mol. The lowest BCUT2D eigenvalue weighted by Gasteiger charge is -2.07. The highest BCUT2D eigenvalue weighted by Gasteiger charge is 2.14. The van der Waals surface area contributed by atoms with Crippen molar-refractivity contribution in [1.82, 2.24) is 15.0 Å². The van der Waals surface area contributed by atoms with Crippen LogP contribution in [0.2, 0.25) is 0 Å². The van der Waals surface area contributed by atoms with Crippen molar-refractivity contribution in [3.05, 3.63) is 36.0 Å². The number of carbonyl (C=O) groups excluding carboxylic acids is 1. The van der Waals surface area contributed by atoms with E-state index in [4.69, 9.17) is 4.74 Å². The number of hydrogen-bond acceptors (Lipinski definition) is 5. The van der Waals surface area contributed by atoms with Crippen LogP contribution in [0.25, 0.3) is 5.69 Å². The van der Waals surface area contributed by atoms with Crippen molar-refractivity contribution >= 4 is 11.8 Å². The Kier molecular flexibility index (Phi) is 3.27. The zero-order valence-electron chi connectivity index (χ0n) is 10.5. The lowest BCUT2D eigenvalue weighted by Crippen LogP contribution is -2.12. The molecule has 94 valence electrons. The summed E-state index contributed by atoms with van der Waals surface area (Å²) in [6, 6.07) is 7.04. The molecule has 0 fully saturated rings. The molecule has 6 heteroatoms. The van der Waals surface area contributed by atoms with Crippen LogP contribution in [0.1, 0.15) is 10.4 Å². The lowest BCUT2D eigenvalue weighted by atomic mass is 10.2. The van der Waals surface area contributed by atoms with E-state index < -0.39 is 5.97 Å². The maximum atomic E-state index is 11.6. The van der Waals surface area contributed by atoms with Gasteiger partial charge in [-0.3, -0.25) is 0 Å². The van der Waals surface area contributed by atoms with Crippen LogP contribution in [0, 0.1) is 0 Å². The highest BCUT2D eigenvalue weighted by atomic mass is 16.5. The summed E-state index contributed by atoms with van der Waals surface area (Å²) in [5.74, 6) is 0.309. The standard InChI is InChI=1S/C12H14N4O2/c1-15(2)11-8-13-16(14-11)10-7-5-4-6-9(10)12(17)18-3/h4-8H,1-3H3. The number of nitrogens with zero attached hydrogens (tertiary/aromatic N) is 4. The summed E-state index contributed by atoms with van der Waals surface area (Å²) in [6.45, 7) is 0. The quantitative estimate of drug-likeness (QED) is 0.759. The summed E-state index contributed by atoms with van der Waals surface area (Å²) in [6.07, 6.45) is 1.63. The topological polar surface area (TPSA) is 60.3 Å². The van der Waals surface area contributed by atoms with Crippen molar-refractivity contribution in [2.75, 3.05) is 26.1 Å². The molecule has 0 saturated heterocycles. The van der Waals surface area contributed by atoms with Crippen molar-refractivity contribution in [2.24, 2.45) is 0 Å². The highest BCUT2D eigenvalue weighted by Crippen LogP contribution is 2.15. The van der Waals surface area contributed by atoms with E-state index in [9.17, 15) is 4.79 Å². The molecule has 18 heavy (non-hydrogen) atoms. The number of carbonyl (C=O) groups is 1. The minimum absolute atomic E-state index is 0.408. The summed E-state index contributed by atoms with van der Waals surface area (Å²) < 4.78 is 4.73. The Hall–Kier alpha value is -2.37. The molecule has 0 atom stereocenters. The molecule has 1 aromatic carbocycles. The third-order valence-corrected chi connectivity index (χ3v) is 2.46. The van der Waals surface area contributed by atoms with Gasteiger partial charge in [-0.15, -0.1) is 9.90 Å². The Morgan fingerprint density at radius 1 is 1.33 bits per heavy atom. The SMILES string of the molecule is COC(=O)c1ccccc1-n1ncc(N(C)C)n1. The summed E-state index contributed by atoms with van der Waals surface area (Å²) >= 11 is 0. The van der Waals surface area contributed by atoms with Gasteiger partial charge in [0.15, 0.2) is 5.82 Å². The Morgan fingerprint density at radius 3 is 2.67 bits per heavy atom. The minimum atomic E-state index is -0.408. The summed E-state index contributed by atoms with van der Waals surface area (Å²) in [7, 11) is 5.10. The second-order valence-electron chi connectivity index (χ2n) is 3.90. The van der Waals surface area contributed by atoms with Gasteiger partial charge >= 0.3 is 5.97 Å². The van der Waals surface area contributed by atoms with Gasteiger partial charge in [-0.1, -0.05) is 12.1 Å². The van der Waals surface area contributed by atoms with Crippen LogP contribution in [0.3, 0.4) is 0 Å². The van der Waals surface area contributed by atoms with Crippen LogP contribution in [0.4, 0.5) is 5.82 Å². The molecule has 0 N–H and O–H groups in total. The number of anilines is 1. The van der Waals surface area contributed by atoms with Crippen LogP contribution >= 0.6 is 0 Å². The summed E-state index contributed by atoms with van der Waals surface area (Å²) in [5.41, 5.74) is 1.03. The predicted molar refractivity (Wildman–Crippen MR) is 67.0 cm³/mol. The van der Waals surface area contributed by atoms with Crippen LogP contribution in [0.5, 0.6) is 0 Å². The molecule has 0 aliphatic carbocycles. The molecule has 0 radical (unpaired) electrons. The third-order valence-electron chi connectivity index (χ3n) is 2.46. The van der Waals surface area contributed by atoms with Gasteiger partial charge < -0.3 is 9.64 Å². The molecule has 0 saturated carbocycles. The number of methoxy groups -OCH3 is 1. The Balaban J connectivity index is 2.46. The maximum Gasteiger partial charge on any atom is 0.340 e. The van der Waals surface area contributed by atoms with Gasteiger partial charge in [0.1, 0.15) is 5.69 Å². The van der Waals surface area contributed by atoms with Gasteiger partial charge in [-0.05, 0) is 12.1 Å². The number of ether oxygens (including phenoxy) is 1. The molecule has 1 heterocycles. The molecule has 2 rings (SSSR count). The fraction of sp³-hybridized carbons (Fsp3) is 0.250. The summed E-state index contributed by atoms with van der Waals surface area (Å²) in [5, 5.41) is 8.42. The van der Waals surface area contributed by atoms with Gasteiger partial charge in [0.25, 0.3) is 0 Å². The van der Waals surface area contributed by atoms with Crippen LogP contribution in [-0.2, 0) is 4.74 Å². The molecule has 0 aliphatic rings. The second kappa shape index (κ2) is 4.87. The maximum absolute atomic E-state index is 11.6. The number of benzene rings is 1. The van der Waals surface area contributed by atoms with Crippen LogP contribution < -0.4 is 4.90 Å². The van der Waals surface area contributed by atoms with Crippen molar-refractivity contribution in [2.45, 2.75) is 0 Å². The Bertz CT molecular complexity index is 563. The fourth-order valence-electron chi connectivity index (χ4n) is 1.51. The first-order valence-electron chi connectivity index (χ1n) is 5.41. The van der Waals surface area contributed by atoms with Gasteiger partial charge in [0.05, 0.1) is 18.9 Å². The molecule has 6 nitrogen and oxygen atoms in total. The van der Waals surface area contributed by atoms with E-state index in [-0.39, 0.29) is 0 Å². The zero-order chi connectivity index (χ0) is 13.1. The van der Waals surface area contributed by atoms with Gasteiger partial charge in [-0.25, -0.2) is 4.79 Å². The number of aromatic nitrogens is 3. The average Bonchev–Trinajstić information content (AvgIpc) is 2.87. The van der Waals surface area contributed by atoms with E-state index in [1.165, 1.54) is 11.9 Å². The first-order valence-corrected chi connectivity index (χ1v) is 5.41. The molecule has 0 unspecified atom stereocenters. The van der Waals surface area contributed by atoms with E-state index in [2.05, 4.69) is 10.2 Å². The molecule has 0 amide bonds. The highest BCUT2D eigenvalue weighted by molar-refractivity contribution is 5.93. The van der Waals surface area contributed by atoms with Crippen molar-refractivity contribution in [1.29, 1.82) is 0 Å². The van der Waals surface area contributed by atoms with E-state index in [0.717, 1.165) is 5.82 Å². The van der Waals surface area contributed by atoms with Crippen molar-refractivity contribution in [3.63, 3.8) is 0 Å². The molecule has 1 aromatic heterocycles. The molecule has 0 spiro atoms. The first kappa shape index (κ1) is 12.1. The van der Waals surface area contributed by atoms with E-state index in [1.54, 1.807) is 24.4 Å². The van der Waals surface area contributed by atoms with Gasteiger partial charge in [-0.2, -0.15) is 5.10 Å². The van der Waals surface area contributed by atoms with Crippen molar-refractivity contribution in [3.8, 4) is 5.69 Å². The van der Waals surface area contributed by atoms with Crippen LogP contribution in [-0.4, -0.2) is 42.2 Å². The van der Waals surface area contributed by atoms with E-state index >= 15 is 0 Å². The predicted octanol–water partition coefficient (Wildman–Crippen LogP) is 1.12. The van der Waals surface area contributed by atoms with E-state index in [0.29, 0.717) is 11.3 Å². The average molecular weight is 246 g/mol. The minimum Gasteiger partial charge on any atom is -0.465 e. The largest absolute Gasteiger partial charge is 0.465 e. The normalized spacial score (nSPS) is 10.2. The second-order valence-corrected chi connectivity index (χ2v) is 3.90. The lowest BCUT2D eigenvalue weighted by molar-refractivity contribution is 0.0600. The van der Waals surface area contributed by atoms with Gasteiger partial charge in [0, 0.05) is 14.1 Å². The molecule has 2 aromatic rings. The van der Waals surface area contributed by atoms with E-state index in [1.807, 2.05) is 25.1 Å². The zero-order valence-corrected chi connectivity index (χ0v) is 10.5. The number of rotatable bonds is 3. The fourth-order valence-corrected chi connectivity index (χ4v) is 1.51. The Morgan fingerprint density at radius 2 is 2.06 bits per heavy atom. The van der Waals surface area contributed by atoms with Gasteiger partial charge in [0.2, 0.25) is 0 Å². The number of esters is 1. The molecule has 0 aliphatic heterocycles. The smallest absolute Gasteiger partial charge is 0.340 e. The molecule has 0 bridgehead atoms. The van der Waals surface area contributed by atoms with Crippen LogP contribution in [0.15, 0.2) is 30.5 Å². The monoisotopic (exact) mass is 246 g/mol. The summed E-state index contributed by atoms with van der Waals surface area (Å²) in [4.78, 5) is 14.9. The first-order chi connectivity index (χ1) is 8.63. The number of hydrogen-bond donors (Lipinski definition) is 0. The Labute approximate surface area is 105 Å². The third kappa shape index (κ3) is 2.17.